The number of halogens is 2. The topological polar surface area (TPSA) is 64.1 Å². The van der Waals surface area contributed by atoms with Crippen LogP contribution in [0.1, 0.15) is 38.2 Å². The predicted octanol–water partition coefficient (Wildman–Crippen LogP) is 3.76. The second-order valence-corrected chi connectivity index (χ2v) is 8.17. The fraction of sp³-hybridized carbons (Fsp3) is 0.682. The van der Waals surface area contributed by atoms with Crippen molar-refractivity contribution >= 4 is 41.5 Å². The minimum absolute atomic E-state index is 0. The molecule has 6 nitrogen and oxygen atoms in total. The Morgan fingerprint density at radius 1 is 1.23 bits per heavy atom. The Labute approximate surface area is 202 Å². The van der Waals surface area contributed by atoms with Gasteiger partial charge in [0, 0.05) is 50.0 Å². The summed E-state index contributed by atoms with van der Waals surface area (Å²) in [6.07, 6.45) is 4.12. The summed E-state index contributed by atoms with van der Waals surface area (Å²) in [7, 11) is 0. The van der Waals surface area contributed by atoms with E-state index in [-0.39, 0.29) is 35.5 Å². The first-order chi connectivity index (χ1) is 14.2. The highest BCUT2D eigenvalue weighted by Gasteiger charge is 2.34. The molecule has 0 radical (unpaired) electrons. The molecular formula is C22H35ClIN3O3. The lowest BCUT2D eigenvalue weighted by Gasteiger charge is -2.36. The molecule has 0 aromatic heterocycles. The van der Waals surface area contributed by atoms with Gasteiger partial charge >= 0.3 is 0 Å². The van der Waals surface area contributed by atoms with Gasteiger partial charge in [0.25, 0.3) is 0 Å². The van der Waals surface area contributed by atoms with Gasteiger partial charge in [0.1, 0.15) is 0 Å². The lowest BCUT2D eigenvalue weighted by atomic mass is 9.74. The highest BCUT2D eigenvalue weighted by molar-refractivity contribution is 14.0. The van der Waals surface area contributed by atoms with Crippen molar-refractivity contribution in [2.75, 3.05) is 52.7 Å². The third kappa shape index (κ3) is 7.82. The number of rotatable bonds is 9. The lowest BCUT2D eigenvalue weighted by Crippen LogP contribution is -2.41. The van der Waals surface area contributed by atoms with E-state index in [1.165, 1.54) is 5.56 Å². The minimum atomic E-state index is -0.0307. The molecule has 170 valence electrons. The van der Waals surface area contributed by atoms with Crippen LogP contribution < -0.4 is 10.6 Å². The number of ether oxygens (including phenoxy) is 3. The average molecular weight is 552 g/mol. The monoisotopic (exact) mass is 551 g/mol. The second-order valence-electron chi connectivity index (χ2n) is 7.73. The van der Waals surface area contributed by atoms with Gasteiger partial charge in [-0.25, -0.2) is 0 Å². The van der Waals surface area contributed by atoms with Crippen molar-refractivity contribution in [3.05, 3.63) is 34.9 Å². The molecule has 3 rings (SSSR count). The van der Waals surface area contributed by atoms with Crippen molar-refractivity contribution in [2.24, 2.45) is 4.99 Å². The van der Waals surface area contributed by atoms with Gasteiger partial charge in [0.05, 0.1) is 19.3 Å². The zero-order chi connectivity index (χ0) is 20.4. The van der Waals surface area contributed by atoms with Crippen molar-refractivity contribution in [1.29, 1.82) is 0 Å². The van der Waals surface area contributed by atoms with E-state index in [1.807, 2.05) is 12.1 Å². The van der Waals surface area contributed by atoms with Crippen molar-refractivity contribution in [2.45, 2.75) is 44.1 Å². The molecule has 1 atom stereocenters. The third-order valence-corrected chi connectivity index (χ3v) is 5.86. The van der Waals surface area contributed by atoms with Crippen LogP contribution >= 0.6 is 35.6 Å². The van der Waals surface area contributed by atoms with Crippen LogP contribution in [0.5, 0.6) is 0 Å². The van der Waals surface area contributed by atoms with Crippen LogP contribution in [0.3, 0.4) is 0 Å². The summed E-state index contributed by atoms with van der Waals surface area (Å²) in [4.78, 5) is 4.93. The quantitative estimate of drug-likeness (QED) is 0.212. The number of benzene rings is 1. The van der Waals surface area contributed by atoms with Gasteiger partial charge in [-0.1, -0.05) is 23.7 Å². The number of aliphatic imine (C=N–C) groups is 1. The zero-order valence-electron chi connectivity index (χ0n) is 17.8. The lowest BCUT2D eigenvalue weighted by molar-refractivity contribution is 0.0419. The van der Waals surface area contributed by atoms with Crippen molar-refractivity contribution in [3.63, 3.8) is 0 Å². The SMILES string of the molecule is CCNC(=NCC1(c2cccc(Cl)c2)CCOCC1)NCCCOC1CCOC1.I. The van der Waals surface area contributed by atoms with Gasteiger partial charge in [0.2, 0.25) is 0 Å². The van der Waals surface area contributed by atoms with E-state index >= 15 is 0 Å². The van der Waals surface area contributed by atoms with Gasteiger partial charge in [0.15, 0.2) is 5.96 Å². The van der Waals surface area contributed by atoms with Crippen LogP contribution in [-0.2, 0) is 19.6 Å². The number of guanidine groups is 1. The molecule has 8 heteroatoms. The van der Waals surface area contributed by atoms with E-state index in [0.29, 0.717) is 6.54 Å². The summed E-state index contributed by atoms with van der Waals surface area (Å²) < 4.78 is 16.8. The largest absolute Gasteiger partial charge is 0.381 e. The molecule has 1 aromatic rings. The molecule has 2 saturated heterocycles. The molecule has 0 aliphatic carbocycles. The first-order valence-corrected chi connectivity index (χ1v) is 11.1. The standard InChI is InChI=1S/C22H34ClN3O3.HI/c1-2-24-21(25-10-4-11-29-20-7-12-28-16-20)26-17-22(8-13-27-14-9-22)18-5-3-6-19(23)15-18;/h3,5-6,15,20H,2,4,7-14,16-17H2,1H3,(H2,24,25,26);1H. The van der Waals surface area contributed by atoms with Crippen LogP contribution in [-0.4, -0.2) is 64.7 Å². The van der Waals surface area contributed by atoms with Crippen molar-refractivity contribution < 1.29 is 14.2 Å². The molecule has 2 N–H and O–H groups in total. The Kier molecular flexibility index (Phi) is 11.7. The fourth-order valence-corrected chi connectivity index (χ4v) is 4.05. The molecule has 30 heavy (non-hydrogen) atoms. The molecule has 1 aromatic carbocycles. The van der Waals surface area contributed by atoms with Gasteiger partial charge in [-0.2, -0.15) is 0 Å². The van der Waals surface area contributed by atoms with Crippen LogP contribution in [0.25, 0.3) is 0 Å². The zero-order valence-corrected chi connectivity index (χ0v) is 20.9. The maximum atomic E-state index is 6.27. The number of hydrogen-bond donors (Lipinski definition) is 2. The van der Waals surface area contributed by atoms with E-state index in [9.17, 15) is 0 Å². The Morgan fingerprint density at radius 2 is 2.07 bits per heavy atom. The maximum Gasteiger partial charge on any atom is 0.191 e. The molecule has 0 bridgehead atoms. The Hall–Kier alpha value is -0.610. The van der Waals surface area contributed by atoms with Crippen LogP contribution in [0.4, 0.5) is 0 Å². The highest BCUT2D eigenvalue weighted by Crippen LogP contribution is 2.36. The molecule has 0 saturated carbocycles. The Bertz CT molecular complexity index is 650. The molecular weight excluding hydrogens is 517 g/mol. The fourth-order valence-electron chi connectivity index (χ4n) is 3.86. The van der Waals surface area contributed by atoms with Gasteiger partial charge in [-0.15, -0.1) is 24.0 Å². The second kappa shape index (κ2) is 13.7. The van der Waals surface area contributed by atoms with E-state index in [2.05, 4.69) is 29.7 Å². The number of nitrogens with zero attached hydrogens (tertiary/aromatic N) is 1. The predicted molar refractivity (Wildman–Crippen MR) is 132 cm³/mol. The number of nitrogens with one attached hydrogen (secondary N) is 2. The maximum absolute atomic E-state index is 6.27. The molecule has 1 unspecified atom stereocenters. The van der Waals surface area contributed by atoms with Crippen LogP contribution in [0, 0.1) is 0 Å². The van der Waals surface area contributed by atoms with E-state index in [1.54, 1.807) is 0 Å². The molecule has 0 spiro atoms. The molecule has 2 aliphatic heterocycles. The van der Waals surface area contributed by atoms with E-state index < -0.39 is 0 Å². The summed E-state index contributed by atoms with van der Waals surface area (Å²) >= 11 is 6.27. The van der Waals surface area contributed by atoms with Crippen LogP contribution in [0.2, 0.25) is 5.02 Å². The summed E-state index contributed by atoms with van der Waals surface area (Å²) in [5.41, 5.74) is 1.22. The molecule has 0 amide bonds. The highest BCUT2D eigenvalue weighted by atomic mass is 127. The summed E-state index contributed by atoms with van der Waals surface area (Å²) in [5, 5.41) is 7.56. The first kappa shape index (κ1) is 25.6. The number of hydrogen-bond acceptors (Lipinski definition) is 4. The first-order valence-electron chi connectivity index (χ1n) is 10.8. The van der Waals surface area contributed by atoms with Gasteiger partial charge in [-0.05, 0) is 50.3 Å². The summed E-state index contributed by atoms with van der Waals surface area (Å²) in [5.74, 6) is 0.851. The van der Waals surface area contributed by atoms with E-state index in [0.717, 1.165) is 82.8 Å². The third-order valence-electron chi connectivity index (χ3n) is 5.63. The molecule has 2 fully saturated rings. The average Bonchev–Trinajstić information content (AvgIpc) is 3.26. The molecule has 2 aliphatic rings. The normalized spacial score (nSPS) is 21.1. The summed E-state index contributed by atoms with van der Waals surface area (Å²) in [6.45, 7) is 8.25. The molecule has 2 heterocycles. The van der Waals surface area contributed by atoms with Crippen molar-refractivity contribution in [1.82, 2.24) is 10.6 Å². The van der Waals surface area contributed by atoms with E-state index in [4.69, 9.17) is 30.8 Å². The Balaban J connectivity index is 0.00000320. The van der Waals surface area contributed by atoms with Crippen LogP contribution in [0.15, 0.2) is 29.3 Å². The van der Waals surface area contributed by atoms with Gasteiger partial charge in [-0.3, -0.25) is 4.99 Å². The minimum Gasteiger partial charge on any atom is -0.381 e. The van der Waals surface area contributed by atoms with Crippen molar-refractivity contribution in [3.8, 4) is 0 Å². The van der Waals surface area contributed by atoms with Gasteiger partial charge < -0.3 is 24.8 Å². The summed E-state index contributed by atoms with van der Waals surface area (Å²) in [6, 6.07) is 8.19. The Morgan fingerprint density at radius 3 is 2.77 bits per heavy atom. The smallest absolute Gasteiger partial charge is 0.191 e.